The number of hydrogen-bond acceptors (Lipinski definition) is 5. The molecule has 0 saturated carbocycles. The van der Waals surface area contributed by atoms with Gasteiger partial charge in [0.05, 0.1) is 12.5 Å². The van der Waals surface area contributed by atoms with Gasteiger partial charge in [-0.3, -0.25) is 9.69 Å². The molecule has 1 aromatic heterocycles. The van der Waals surface area contributed by atoms with Crippen LogP contribution in [0.25, 0.3) is 0 Å². The zero-order chi connectivity index (χ0) is 15.5. The van der Waals surface area contributed by atoms with Gasteiger partial charge in [0.15, 0.2) is 5.82 Å². The lowest BCUT2D eigenvalue weighted by atomic mass is 10.0. The molecule has 0 unspecified atom stereocenters. The van der Waals surface area contributed by atoms with E-state index in [2.05, 4.69) is 15.5 Å². The minimum atomic E-state index is -0.0138. The van der Waals surface area contributed by atoms with Crippen molar-refractivity contribution in [1.29, 1.82) is 0 Å². The second-order valence-electron chi connectivity index (χ2n) is 5.44. The first-order valence-electron chi connectivity index (χ1n) is 7.14. The van der Waals surface area contributed by atoms with E-state index in [1.54, 1.807) is 6.92 Å². The van der Waals surface area contributed by atoms with Crippen LogP contribution in [0.4, 0.5) is 0 Å². The number of rotatable bonds is 5. The number of amides is 1. The maximum atomic E-state index is 11.9. The number of likely N-dealkylation sites (tertiary alicyclic amines) is 1. The quantitative estimate of drug-likeness (QED) is 0.908. The highest BCUT2D eigenvalue weighted by Gasteiger charge is 2.33. The van der Waals surface area contributed by atoms with E-state index in [1.807, 2.05) is 29.2 Å². The predicted octanol–water partition coefficient (Wildman–Crippen LogP) is 1.75. The van der Waals surface area contributed by atoms with Crippen molar-refractivity contribution in [3.8, 4) is 0 Å². The van der Waals surface area contributed by atoms with Crippen LogP contribution in [0.2, 0.25) is 5.02 Å². The lowest BCUT2D eigenvalue weighted by molar-refractivity contribution is -0.123. The number of carbonyl (C=O) groups excluding carboxylic acids is 1. The van der Waals surface area contributed by atoms with E-state index in [-0.39, 0.29) is 11.8 Å². The van der Waals surface area contributed by atoms with E-state index in [9.17, 15) is 4.79 Å². The molecule has 1 N–H and O–H groups in total. The average molecular weight is 321 g/mol. The fourth-order valence-electron chi connectivity index (χ4n) is 2.43. The van der Waals surface area contributed by atoms with Gasteiger partial charge >= 0.3 is 0 Å². The van der Waals surface area contributed by atoms with E-state index in [0.717, 1.165) is 18.7 Å². The van der Waals surface area contributed by atoms with Gasteiger partial charge in [0, 0.05) is 24.7 Å². The Morgan fingerprint density at radius 2 is 2.23 bits per heavy atom. The smallest absolute Gasteiger partial charge is 0.234 e. The number of carbonyl (C=O) groups is 1. The van der Waals surface area contributed by atoms with Crippen molar-refractivity contribution in [2.75, 3.05) is 19.6 Å². The monoisotopic (exact) mass is 320 g/mol. The van der Waals surface area contributed by atoms with Crippen LogP contribution in [-0.2, 0) is 11.3 Å². The van der Waals surface area contributed by atoms with Gasteiger partial charge in [0.2, 0.25) is 11.8 Å². The highest BCUT2D eigenvalue weighted by atomic mass is 35.5. The zero-order valence-corrected chi connectivity index (χ0v) is 13.0. The third kappa shape index (κ3) is 3.45. The molecule has 0 bridgehead atoms. The second-order valence-corrected chi connectivity index (χ2v) is 5.85. The van der Waals surface area contributed by atoms with Gasteiger partial charge in [-0.25, -0.2) is 0 Å². The minimum absolute atomic E-state index is 0.0138. The van der Waals surface area contributed by atoms with Gasteiger partial charge in [-0.1, -0.05) is 35.0 Å². The van der Waals surface area contributed by atoms with E-state index in [0.29, 0.717) is 29.8 Å². The normalized spacial score (nSPS) is 15.5. The van der Waals surface area contributed by atoms with Gasteiger partial charge in [0.1, 0.15) is 0 Å². The van der Waals surface area contributed by atoms with Crippen molar-refractivity contribution in [3.05, 3.63) is 46.6 Å². The van der Waals surface area contributed by atoms with Crippen LogP contribution < -0.4 is 5.32 Å². The summed E-state index contributed by atoms with van der Waals surface area (Å²) in [6.45, 7) is 4.14. The average Bonchev–Trinajstić information content (AvgIpc) is 2.87. The first-order valence-corrected chi connectivity index (χ1v) is 7.52. The van der Waals surface area contributed by atoms with Crippen molar-refractivity contribution in [1.82, 2.24) is 20.4 Å². The van der Waals surface area contributed by atoms with Crippen LogP contribution in [0.5, 0.6) is 0 Å². The third-order valence-electron chi connectivity index (χ3n) is 3.65. The Kier molecular flexibility index (Phi) is 4.40. The molecule has 7 heteroatoms. The molecule has 1 aliphatic heterocycles. The Labute approximate surface area is 133 Å². The molecule has 0 atom stereocenters. The minimum Gasteiger partial charge on any atom is -0.351 e. The summed E-state index contributed by atoms with van der Waals surface area (Å²) in [6, 6.07) is 7.49. The SMILES string of the molecule is Cc1noc(C2CN(CC(=O)NCc3ccccc3Cl)C2)n1. The summed E-state index contributed by atoms with van der Waals surface area (Å²) in [5.74, 6) is 1.52. The molecule has 1 amide bonds. The second kappa shape index (κ2) is 6.46. The number of halogens is 1. The first-order chi connectivity index (χ1) is 10.6. The van der Waals surface area contributed by atoms with E-state index < -0.39 is 0 Å². The van der Waals surface area contributed by atoms with Crippen molar-refractivity contribution in [3.63, 3.8) is 0 Å². The summed E-state index contributed by atoms with van der Waals surface area (Å²) >= 11 is 6.06. The molecule has 1 fully saturated rings. The Bertz CT molecular complexity index is 667. The lowest BCUT2D eigenvalue weighted by Crippen LogP contribution is -2.49. The number of benzene rings is 1. The molecule has 3 rings (SSSR count). The molecule has 1 saturated heterocycles. The Morgan fingerprint density at radius 3 is 2.91 bits per heavy atom. The molecular formula is C15H17ClN4O2. The molecule has 1 aliphatic rings. The summed E-state index contributed by atoms with van der Waals surface area (Å²) in [6.07, 6.45) is 0. The maximum Gasteiger partial charge on any atom is 0.234 e. The Balaban J connectivity index is 1.41. The van der Waals surface area contributed by atoms with Crippen LogP contribution >= 0.6 is 11.6 Å². The summed E-state index contributed by atoms with van der Waals surface area (Å²) < 4.78 is 5.14. The summed E-state index contributed by atoms with van der Waals surface area (Å²) in [5, 5.41) is 7.33. The number of aromatic nitrogens is 2. The van der Waals surface area contributed by atoms with Crippen LogP contribution in [-0.4, -0.2) is 40.6 Å². The maximum absolute atomic E-state index is 11.9. The summed E-state index contributed by atoms with van der Waals surface area (Å²) in [7, 11) is 0. The predicted molar refractivity (Wildman–Crippen MR) is 81.5 cm³/mol. The number of nitrogens with zero attached hydrogens (tertiary/aromatic N) is 3. The van der Waals surface area contributed by atoms with Crippen LogP contribution in [0.15, 0.2) is 28.8 Å². The molecule has 6 nitrogen and oxygen atoms in total. The molecule has 116 valence electrons. The molecule has 0 spiro atoms. The van der Waals surface area contributed by atoms with Crippen LogP contribution in [0, 0.1) is 6.92 Å². The Morgan fingerprint density at radius 1 is 1.45 bits per heavy atom. The first kappa shape index (κ1) is 15.0. The topological polar surface area (TPSA) is 71.3 Å². The molecule has 1 aromatic carbocycles. The zero-order valence-electron chi connectivity index (χ0n) is 12.3. The summed E-state index contributed by atoms with van der Waals surface area (Å²) in [4.78, 5) is 18.2. The van der Waals surface area contributed by atoms with Crippen LogP contribution in [0.1, 0.15) is 23.2 Å². The standard InChI is InChI=1S/C15H17ClN4O2/c1-10-18-15(22-19-10)12-7-20(8-12)9-14(21)17-6-11-4-2-3-5-13(11)16/h2-5,12H,6-9H2,1H3,(H,17,21). The van der Waals surface area contributed by atoms with Crippen molar-refractivity contribution >= 4 is 17.5 Å². The highest BCUT2D eigenvalue weighted by Crippen LogP contribution is 2.25. The van der Waals surface area contributed by atoms with Crippen LogP contribution in [0.3, 0.4) is 0 Å². The van der Waals surface area contributed by atoms with Gasteiger partial charge in [-0.15, -0.1) is 0 Å². The summed E-state index contributed by atoms with van der Waals surface area (Å²) in [5.41, 5.74) is 0.917. The fraction of sp³-hybridized carbons (Fsp3) is 0.400. The van der Waals surface area contributed by atoms with Gasteiger partial charge in [-0.2, -0.15) is 4.98 Å². The largest absolute Gasteiger partial charge is 0.351 e. The molecule has 2 heterocycles. The van der Waals surface area contributed by atoms with E-state index in [1.165, 1.54) is 0 Å². The molecule has 0 aliphatic carbocycles. The van der Waals surface area contributed by atoms with Crippen molar-refractivity contribution < 1.29 is 9.32 Å². The van der Waals surface area contributed by atoms with Crippen molar-refractivity contribution in [2.24, 2.45) is 0 Å². The van der Waals surface area contributed by atoms with Gasteiger partial charge in [-0.05, 0) is 18.6 Å². The van der Waals surface area contributed by atoms with Gasteiger partial charge < -0.3 is 9.84 Å². The molecule has 22 heavy (non-hydrogen) atoms. The number of aryl methyl sites for hydroxylation is 1. The number of nitrogens with one attached hydrogen (secondary N) is 1. The molecule has 2 aromatic rings. The number of hydrogen-bond donors (Lipinski definition) is 1. The van der Waals surface area contributed by atoms with Crippen molar-refractivity contribution in [2.45, 2.75) is 19.4 Å². The Hall–Kier alpha value is -1.92. The van der Waals surface area contributed by atoms with E-state index >= 15 is 0 Å². The third-order valence-corrected chi connectivity index (χ3v) is 4.02. The lowest BCUT2D eigenvalue weighted by Gasteiger charge is -2.36. The molecular weight excluding hydrogens is 304 g/mol. The van der Waals surface area contributed by atoms with E-state index in [4.69, 9.17) is 16.1 Å². The highest BCUT2D eigenvalue weighted by molar-refractivity contribution is 6.31. The van der Waals surface area contributed by atoms with Gasteiger partial charge in [0.25, 0.3) is 0 Å². The fourth-order valence-corrected chi connectivity index (χ4v) is 2.63. The molecule has 0 radical (unpaired) electrons.